The molecule has 0 spiro atoms. The normalized spacial score (nSPS) is 11.3. The summed E-state index contributed by atoms with van der Waals surface area (Å²) in [6.07, 6.45) is 2.80. The van der Waals surface area contributed by atoms with E-state index in [1.54, 1.807) is 0 Å². The van der Waals surface area contributed by atoms with E-state index in [-0.39, 0.29) is 0 Å². The third-order valence-corrected chi connectivity index (χ3v) is 4.04. The predicted octanol–water partition coefficient (Wildman–Crippen LogP) is 3.56. The summed E-state index contributed by atoms with van der Waals surface area (Å²) >= 11 is 0. The Morgan fingerprint density at radius 3 is 2.88 bits per heavy atom. The first-order chi connectivity index (χ1) is 12.1. The molecule has 2 aromatic heterocycles. The van der Waals surface area contributed by atoms with E-state index in [1.165, 1.54) is 0 Å². The highest BCUT2D eigenvalue weighted by atomic mass is 16.6. The lowest BCUT2D eigenvalue weighted by Gasteiger charge is -2.11. The average Bonchev–Trinajstić information content (AvgIpc) is 2.94. The van der Waals surface area contributed by atoms with Gasteiger partial charge in [0.15, 0.2) is 5.82 Å². The summed E-state index contributed by atoms with van der Waals surface area (Å²) < 4.78 is 2.27. The van der Waals surface area contributed by atoms with Gasteiger partial charge in [-0.2, -0.15) is 0 Å². The third-order valence-electron chi connectivity index (χ3n) is 4.04. The number of para-hydroxylation sites is 1. The Morgan fingerprint density at radius 2 is 2.12 bits per heavy atom. The van der Waals surface area contributed by atoms with Gasteiger partial charge >= 0.3 is 0 Å². The van der Waals surface area contributed by atoms with Gasteiger partial charge in [0.05, 0.1) is 17.6 Å². The largest absolute Gasteiger partial charge is 0.382 e. The molecule has 132 valence electrons. The van der Waals surface area contributed by atoms with Crippen molar-refractivity contribution in [1.29, 1.82) is 0 Å². The van der Waals surface area contributed by atoms with Crippen molar-refractivity contribution in [2.75, 3.05) is 12.3 Å². The molecular formula is C19H25N5O. The molecule has 0 fully saturated rings. The van der Waals surface area contributed by atoms with Crippen molar-refractivity contribution in [1.82, 2.24) is 20.0 Å². The topological polar surface area (TPSA) is 78.0 Å². The molecule has 0 amide bonds. The minimum atomic E-state index is 0.491. The van der Waals surface area contributed by atoms with Gasteiger partial charge in [0.2, 0.25) is 0 Å². The second kappa shape index (κ2) is 7.53. The van der Waals surface area contributed by atoms with Crippen LogP contribution >= 0.6 is 0 Å². The number of pyridine rings is 1. The molecular weight excluding hydrogens is 314 g/mol. The lowest BCUT2D eigenvalue weighted by Crippen LogP contribution is -2.14. The van der Waals surface area contributed by atoms with E-state index in [9.17, 15) is 0 Å². The molecule has 0 aliphatic heterocycles. The molecule has 0 aliphatic rings. The molecule has 0 saturated heterocycles. The Morgan fingerprint density at radius 1 is 1.32 bits per heavy atom. The van der Waals surface area contributed by atoms with Crippen LogP contribution in [0.1, 0.15) is 32.5 Å². The van der Waals surface area contributed by atoms with E-state index in [2.05, 4.69) is 34.6 Å². The number of fused-ring (bicyclic) bond motifs is 3. The smallest absolute Gasteiger partial charge is 0.152 e. The average molecular weight is 339 g/mol. The van der Waals surface area contributed by atoms with Gasteiger partial charge in [0, 0.05) is 24.0 Å². The molecule has 0 bridgehead atoms. The molecule has 3 N–H and O–H groups in total. The van der Waals surface area contributed by atoms with Crippen LogP contribution in [-0.2, 0) is 17.8 Å². The monoisotopic (exact) mass is 339 g/mol. The van der Waals surface area contributed by atoms with Crippen molar-refractivity contribution in [2.45, 2.75) is 39.7 Å². The minimum absolute atomic E-state index is 0.491. The maximum Gasteiger partial charge on any atom is 0.152 e. The molecule has 25 heavy (non-hydrogen) atoms. The highest BCUT2D eigenvalue weighted by Crippen LogP contribution is 2.29. The number of aryl methyl sites for hydroxylation is 2. The lowest BCUT2D eigenvalue weighted by molar-refractivity contribution is 0.0594. The van der Waals surface area contributed by atoms with E-state index >= 15 is 0 Å². The fourth-order valence-electron chi connectivity index (χ4n) is 3.03. The van der Waals surface area contributed by atoms with Crippen molar-refractivity contribution in [3.8, 4) is 0 Å². The van der Waals surface area contributed by atoms with Crippen LogP contribution in [0.2, 0.25) is 0 Å². The molecule has 0 aliphatic carbocycles. The number of nitrogen functional groups attached to an aromatic ring is 1. The Balaban J connectivity index is 1.98. The summed E-state index contributed by atoms with van der Waals surface area (Å²) in [4.78, 5) is 14.7. The van der Waals surface area contributed by atoms with Crippen molar-refractivity contribution in [3.63, 3.8) is 0 Å². The number of nitrogens with zero attached hydrogens (tertiary/aromatic N) is 3. The van der Waals surface area contributed by atoms with Crippen molar-refractivity contribution in [2.24, 2.45) is 0 Å². The molecule has 0 unspecified atom stereocenters. The maximum absolute atomic E-state index is 6.18. The zero-order valence-corrected chi connectivity index (χ0v) is 14.9. The first-order valence-electron chi connectivity index (χ1n) is 8.68. The number of rotatable bonds is 8. The van der Waals surface area contributed by atoms with Gasteiger partial charge in [-0.05, 0) is 25.8 Å². The highest BCUT2D eigenvalue weighted by molar-refractivity contribution is 6.06. The van der Waals surface area contributed by atoms with Crippen molar-refractivity contribution in [3.05, 3.63) is 42.4 Å². The van der Waals surface area contributed by atoms with Gasteiger partial charge in [0.1, 0.15) is 11.3 Å². The van der Waals surface area contributed by atoms with E-state index in [0.29, 0.717) is 12.4 Å². The second-order valence-electron chi connectivity index (χ2n) is 6.23. The standard InChI is InChI=1S/C19H25N5O/c1-4-8-16-22-17-18(24(16)11-7-12-25-23-13(2)3)14-9-5-6-10-15(14)21-19(17)20/h5-6,9-10,23H,2,4,7-8,11-12H2,1,3H3,(H2,20,21). The molecule has 3 rings (SSSR count). The maximum atomic E-state index is 6.18. The van der Waals surface area contributed by atoms with Gasteiger partial charge in [-0.1, -0.05) is 31.7 Å². The van der Waals surface area contributed by atoms with Gasteiger partial charge in [0.25, 0.3) is 0 Å². The van der Waals surface area contributed by atoms with Crippen LogP contribution in [0.15, 0.2) is 36.5 Å². The number of aromatic nitrogens is 3. The number of allylic oxidation sites excluding steroid dienone is 1. The first kappa shape index (κ1) is 17.2. The zero-order chi connectivity index (χ0) is 17.8. The van der Waals surface area contributed by atoms with E-state index in [1.807, 2.05) is 25.1 Å². The third kappa shape index (κ3) is 3.58. The van der Waals surface area contributed by atoms with Crippen LogP contribution in [0.25, 0.3) is 21.9 Å². The zero-order valence-electron chi connectivity index (χ0n) is 14.9. The summed E-state index contributed by atoms with van der Waals surface area (Å²) in [7, 11) is 0. The fraction of sp³-hybridized carbons (Fsp3) is 0.368. The van der Waals surface area contributed by atoms with Crippen LogP contribution in [0.4, 0.5) is 5.82 Å². The first-order valence-corrected chi connectivity index (χ1v) is 8.68. The molecule has 0 atom stereocenters. The number of hydrogen-bond acceptors (Lipinski definition) is 5. The molecule has 0 saturated carbocycles. The number of hydrogen-bond donors (Lipinski definition) is 2. The van der Waals surface area contributed by atoms with E-state index < -0.39 is 0 Å². The Kier molecular flexibility index (Phi) is 5.19. The summed E-state index contributed by atoms with van der Waals surface area (Å²) in [5.74, 6) is 1.54. The minimum Gasteiger partial charge on any atom is -0.382 e. The van der Waals surface area contributed by atoms with Crippen LogP contribution in [0.5, 0.6) is 0 Å². The second-order valence-corrected chi connectivity index (χ2v) is 6.23. The molecule has 1 aromatic carbocycles. The van der Waals surface area contributed by atoms with E-state index in [4.69, 9.17) is 15.6 Å². The van der Waals surface area contributed by atoms with Crippen LogP contribution in [0.3, 0.4) is 0 Å². The van der Waals surface area contributed by atoms with Gasteiger partial charge in [-0.25, -0.2) is 9.97 Å². The van der Waals surface area contributed by atoms with Crippen molar-refractivity contribution >= 4 is 27.8 Å². The Bertz CT molecular complexity index is 900. The highest BCUT2D eigenvalue weighted by Gasteiger charge is 2.16. The van der Waals surface area contributed by atoms with Gasteiger partial charge in [-0.15, -0.1) is 0 Å². The van der Waals surface area contributed by atoms with Crippen LogP contribution in [0, 0.1) is 0 Å². The number of nitrogens with one attached hydrogen (secondary N) is 1. The Labute approximate surface area is 147 Å². The molecule has 6 heteroatoms. The summed E-state index contributed by atoms with van der Waals surface area (Å²) in [5, 5.41) is 1.09. The quantitative estimate of drug-likeness (QED) is 0.484. The number of nitrogens with two attached hydrogens (primary N) is 1. The fourth-order valence-corrected chi connectivity index (χ4v) is 3.03. The molecule has 2 heterocycles. The SMILES string of the molecule is C=C(C)NOCCCn1c(CCC)nc2c(N)nc3ccccc3c21. The molecule has 6 nitrogen and oxygen atoms in total. The number of benzene rings is 1. The molecule has 0 radical (unpaired) electrons. The molecule has 3 aromatic rings. The number of hydroxylamine groups is 1. The van der Waals surface area contributed by atoms with Crippen molar-refractivity contribution < 1.29 is 4.84 Å². The van der Waals surface area contributed by atoms with Crippen LogP contribution < -0.4 is 11.2 Å². The summed E-state index contributed by atoms with van der Waals surface area (Å²) in [6.45, 7) is 9.19. The number of anilines is 1. The Hall–Kier alpha value is -2.60. The predicted molar refractivity (Wildman–Crippen MR) is 102 cm³/mol. The van der Waals surface area contributed by atoms with E-state index in [0.717, 1.165) is 59.3 Å². The summed E-state index contributed by atoms with van der Waals surface area (Å²) in [5.41, 5.74) is 12.5. The summed E-state index contributed by atoms with van der Waals surface area (Å²) in [6, 6.07) is 8.07. The number of imidazole rings is 1. The van der Waals surface area contributed by atoms with Gasteiger partial charge in [-0.3, -0.25) is 10.3 Å². The van der Waals surface area contributed by atoms with Gasteiger partial charge < -0.3 is 10.3 Å². The lowest BCUT2D eigenvalue weighted by atomic mass is 10.2. The van der Waals surface area contributed by atoms with Crippen LogP contribution in [-0.4, -0.2) is 21.1 Å².